The van der Waals surface area contributed by atoms with Crippen LogP contribution in [0.1, 0.15) is 17.2 Å². The Hall–Kier alpha value is -3.36. The van der Waals surface area contributed by atoms with Crippen molar-refractivity contribution in [1.29, 1.82) is 0 Å². The van der Waals surface area contributed by atoms with Crippen LogP contribution in [0.3, 0.4) is 0 Å². The van der Waals surface area contributed by atoms with Crippen molar-refractivity contribution in [2.45, 2.75) is 6.04 Å². The number of rotatable bonds is 10. The number of carbonyl (C=O) groups excluding carboxylic acids is 2. The van der Waals surface area contributed by atoms with Crippen LogP contribution >= 0.6 is 0 Å². The first-order valence-electron chi connectivity index (χ1n) is 10.9. The molecular formula is C25H31N3O5. The molecule has 1 saturated heterocycles. The number of ether oxygens (including phenoxy) is 3. The second-order valence-corrected chi connectivity index (χ2v) is 7.54. The first-order valence-corrected chi connectivity index (χ1v) is 10.9. The third-order valence-corrected chi connectivity index (χ3v) is 5.42. The van der Waals surface area contributed by atoms with Gasteiger partial charge in [0.1, 0.15) is 0 Å². The van der Waals surface area contributed by atoms with Crippen LogP contribution in [0, 0.1) is 0 Å². The summed E-state index contributed by atoms with van der Waals surface area (Å²) in [5.74, 6) is 0.711. The van der Waals surface area contributed by atoms with Crippen LogP contribution in [0.2, 0.25) is 0 Å². The second-order valence-electron chi connectivity index (χ2n) is 7.54. The number of hydrogen-bond donors (Lipinski definition) is 2. The summed E-state index contributed by atoms with van der Waals surface area (Å²) in [6.45, 7) is 3.10. The summed E-state index contributed by atoms with van der Waals surface area (Å²) in [7, 11) is 3.20. The van der Waals surface area contributed by atoms with Crippen LogP contribution in [-0.4, -0.2) is 70.3 Å². The third kappa shape index (κ3) is 7.34. The van der Waals surface area contributed by atoms with E-state index in [1.807, 2.05) is 48.5 Å². The van der Waals surface area contributed by atoms with Crippen molar-refractivity contribution in [3.8, 4) is 11.5 Å². The Labute approximate surface area is 194 Å². The maximum absolute atomic E-state index is 12.4. The minimum atomic E-state index is -0.321. The maximum atomic E-state index is 12.4. The molecule has 0 bridgehead atoms. The second kappa shape index (κ2) is 12.6. The van der Waals surface area contributed by atoms with Gasteiger partial charge in [-0.3, -0.25) is 14.5 Å². The monoisotopic (exact) mass is 453 g/mol. The molecule has 0 radical (unpaired) electrons. The predicted molar refractivity (Wildman–Crippen MR) is 126 cm³/mol. The van der Waals surface area contributed by atoms with Crippen LogP contribution in [0.5, 0.6) is 11.5 Å². The molecule has 1 unspecified atom stereocenters. The molecule has 0 saturated carbocycles. The highest BCUT2D eigenvalue weighted by molar-refractivity contribution is 5.94. The van der Waals surface area contributed by atoms with Gasteiger partial charge in [-0.25, -0.2) is 0 Å². The minimum absolute atomic E-state index is 0.0636. The molecule has 2 N–H and O–H groups in total. The first kappa shape index (κ1) is 24.3. The van der Waals surface area contributed by atoms with Gasteiger partial charge in [-0.1, -0.05) is 36.4 Å². The summed E-state index contributed by atoms with van der Waals surface area (Å²) in [6, 6.07) is 15.2. The smallest absolute Gasteiger partial charge is 0.244 e. The summed E-state index contributed by atoms with van der Waals surface area (Å²) in [4.78, 5) is 26.7. The minimum Gasteiger partial charge on any atom is -0.493 e. The summed E-state index contributed by atoms with van der Waals surface area (Å²) >= 11 is 0. The van der Waals surface area contributed by atoms with Gasteiger partial charge in [-0.15, -0.1) is 0 Å². The van der Waals surface area contributed by atoms with E-state index in [2.05, 4.69) is 15.5 Å². The summed E-state index contributed by atoms with van der Waals surface area (Å²) < 4.78 is 16.3. The number of methoxy groups -OCH3 is 2. The molecule has 1 aliphatic rings. The van der Waals surface area contributed by atoms with Crippen LogP contribution in [0.25, 0.3) is 6.08 Å². The highest BCUT2D eigenvalue weighted by atomic mass is 16.5. The molecule has 2 aromatic rings. The van der Waals surface area contributed by atoms with Crippen LogP contribution in [0.15, 0.2) is 54.6 Å². The maximum Gasteiger partial charge on any atom is 0.244 e. The molecule has 8 heteroatoms. The van der Waals surface area contributed by atoms with E-state index in [1.54, 1.807) is 20.3 Å². The molecule has 2 amide bonds. The van der Waals surface area contributed by atoms with Crippen molar-refractivity contribution >= 4 is 17.9 Å². The zero-order valence-electron chi connectivity index (χ0n) is 19.1. The van der Waals surface area contributed by atoms with Crippen molar-refractivity contribution < 1.29 is 23.8 Å². The molecular weight excluding hydrogens is 422 g/mol. The van der Waals surface area contributed by atoms with Crippen molar-refractivity contribution in [3.05, 3.63) is 65.7 Å². The topological polar surface area (TPSA) is 89.1 Å². The van der Waals surface area contributed by atoms with Crippen molar-refractivity contribution in [2.75, 3.05) is 53.6 Å². The van der Waals surface area contributed by atoms with Gasteiger partial charge < -0.3 is 24.8 Å². The summed E-state index contributed by atoms with van der Waals surface area (Å²) in [6.07, 6.45) is 3.13. The van der Waals surface area contributed by atoms with E-state index in [9.17, 15) is 9.59 Å². The number of nitrogens with one attached hydrogen (secondary N) is 2. The Morgan fingerprint density at radius 3 is 2.45 bits per heavy atom. The Morgan fingerprint density at radius 1 is 1.03 bits per heavy atom. The zero-order chi connectivity index (χ0) is 23.5. The number of hydrogen-bond acceptors (Lipinski definition) is 6. The Kier molecular flexibility index (Phi) is 9.29. The molecule has 1 heterocycles. The largest absolute Gasteiger partial charge is 0.493 e. The SMILES string of the molecule is COc1ccc(C(CNC(=O)CNC(=O)/C=C/c2ccccc2)N2CCOCC2)cc1OC. The Bertz CT molecular complexity index is 942. The van der Waals surface area contributed by atoms with Gasteiger partial charge in [0.15, 0.2) is 11.5 Å². The highest BCUT2D eigenvalue weighted by Crippen LogP contribution is 2.32. The molecule has 0 aromatic heterocycles. The van der Waals surface area contributed by atoms with Gasteiger partial charge >= 0.3 is 0 Å². The number of benzene rings is 2. The zero-order valence-corrected chi connectivity index (χ0v) is 19.1. The molecule has 2 aromatic carbocycles. The number of amides is 2. The number of carbonyl (C=O) groups is 2. The lowest BCUT2D eigenvalue weighted by molar-refractivity contribution is -0.124. The van der Waals surface area contributed by atoms with Gasteiger partial charge in [0.2, 0.25) is 11.8 Å². The first-order chi connectivity index (χ1) is 16.1. The molecule has 1 aliphatic heterocycles. The van der Waals surface area contributed by atoms with Gasteiger partial charge in [0, 0.05) is 25.7 Å². The van der Waals surface area contributed by atoms with E-state index in [-0.39, 0.29) is 24.4 Å². The van der Waals surface area contributed by atoms with Crippen molar-refractivity contribution in [2.24, 2.45) is 0 Å². The van der Waals surface area contributed by atoms with E-state index in [4.69, 9.17) is 14.2 Å². The lowest BCUT2D eigenvalue weighted by atomic mass is 10.0. The molecule has 1 atom stereocenters. The molecule has 0 aliphatic carbocycles. The van der Waals surface area contributed by atoms with Gasteiger partial charge in [-0.2, -0.15) is 0 Å². The fourth-order valence-electron chi connectivity index (χ4n) is 3.64. The fourth-order valence-corrected chi connectivity index (χ4v) is 3.64. The lowest BCUT2D eigenvalue weighted by Gasteiger charge is -2.35. The average molecular weight is 454 g/mol. The van der Waals surface area contributed by atoms with Gasteiger partial charge in [0.05, 0.1) is 40.0 Å². The Morgan fingerprint density at radius 2 is 1.76 bits per heavy atom. The van der Waals surface area contributed by atoms with E-state index >= 15 is 0 Å². The predicted octanol–water partition coefficient (Wildman–Crippen LogP) is 2.02. The highest BCUT2D eigenvalue weighted by Gasteiger charge is 2.24. The average Bonchev–Trinajstić information content (AvgIpc) is 2.87. The molecule has 8 nitrogen and oxygen atoms in total. The molecule has 176 valence electrons. The van der Waals surface area contributed by atoms with Gasteiger partial charge in [0.25, 0.3) is 0 Å². The third-order valence-electron chi connectivity index (χ3n) is 5.42. The van der Waals surface area contributed by atoms with Crippen LogP contribution in [0.4, 0.5) is 0 Å². The van der Waals surface area contributed by atoms with E-state index in [0.717, 1.165) is 24.2 Å². The Balaban J connectivity index is 1.58. The number of nitrogens with zero attached hydrogens (tertiary/aromatic N) is 1. The van der Waals surface area contributed by atoms with E-state index in [1.165, 1.54) is 6.08 Å². The van der Waals surface area contributed by atoms with Gasteiger partial charge in [-0.05, 0) is 29.3 Å². The van der Waals surface area contributed by atoms with Crippen molar-refractivity contribution in [1.82, 2.24) is 15.5 Å². The quantitative estimate of drug-likeness (QED) is 0.535. The summed E-state index contributed by atoms with van der Waals surface area (Å²) in [5.41, 5.74) is 1.92. The van der Waals surface area contributed by atoms with Crippen molar-refractivity contribution in [3.63, 3.8) is 0 Å². The standard InChI is InChI=1S/C25H31N3O5/c1-31-22-10-9-20(16-23(22)32-2)21(28-12-14-33-15-13-28)17-26-25(30)18-27-24(29)11-8-19-6-4-3-5-7-19/h3-11,16,21H,12-15,17-18H2,1-2H3,(H,26,30)(H,27,29)/b11-8+. The molecule has 3 rings (SSSR count). The fraction of sp³-hybridized carbons (Fsp3) is 0.360. The van der Waals surface area contributed by atoms with Crippen LogP contribution in [-0.2, 0) is 14.3 Å². The molecule has 33 heavy (non-hydrogen) atoms. The normalized spacial score (nSPS) is 15.1. The number of morpholine rings is 1. The molecule has 1 fully saturated rings. The lowest BCUT2D eigenvalue weighted by Crippen LogP contribution is -2.45. The summed E-state index contributed by atoms with van der Waals surface area (Å²) in [5, 5.41) is 5.56. The van der Waals surface area contributed by atoms with E-state index in [0.29, 0.717) is 31.3 Å². The van der Waals surface area contributed by atoms with Crippen LogP contribution < -0.4 is 20.1 Å². The molecule has 0 spiro atoms. The van der Waals surface area contributed by atoms with E-state index < -0.39 is 0 Å².